The molecule has 0 saturated carbocycles. The molecule has 1 fully saturated rings. The summed E-state index contributed by atoms with van der Waals surface area (Å²) in [5, 5.41) is 15.0. The van der Waals surface area contributed by atoms with Gasteiger partial charge >= 0.3 is 0 Å². The lowest BCUT2D eigenvalue weighted by Crippen LogP contribution is -2.45. The van der Waals surface area contributed by atoms with E-state index in [9.17, 15) is 0 Å². The Bertz CT molecular complexity index is 576. The fraction of sp³-hybridized carbons (Fsp3) is 0.722. The van der Waals surface area contributed by atoms with Crippen LogP contribution >= 0.6 is 0 Å². The molecule has 1 saturated heterocycles. The topological polar surface area (TPSA) is 70.4 Å². The largest absolute Gasteiger partial charge is 0.355 e. The minimum Gasteiger partial charge on any atom is -0.355 e. The first kappa shape index (κ1) is 19.4. The van der Waals surface area contributed by atoms with Crippen LogP contribution in [0.2, 0.25) is 0 Å². The number of nitrogens with zero attached hydrogens (tertiary/aromatic N) is 5. The number of hydrogen-bond acceptors (Lipinski definition) is 4. The minimum absolute atomic E-state index is 0.504. The molecule has 0 aromatic carbocycles. The van der Waals surface area contributed by atoms with Crippen molar-refractivity contribution in [3.05, 3.63) is 24.3 Å². The predicted octanol–water partition coefficient (Wildman–Crippen LogP) is 1.47. The molecule has 25 heavy (non-hydrogen) atoms. The summed E-state index contributed by atoms with van der Waals surface area (Å²) < 4.78 is 1.97. The first-order valence-corrected chi connectivity index (χ1v) is 9.23. The molecule has 1 aliphatic rings. The van der Waals surface area contributed by atoms with E-state index in [1.165, 1.54) is 19.4 Å². The summed E-state index contributed by atoms with van der Waals surface area (Å²) in [6, 6.07) is 0.579. The van der Waals surface area contributed by atoms with Crippen molar-refractivity contribution in [1.82, 2.24) is 30.3 Å². The SMILES string of the molecule is C=CCNC(=NCc1nnc(C)n1C)NC[C@H]1CCCN1CC(C)C. The highest BCUT2D eigenvalue weighted by Crippen LogP contribution is 2.17. The van der Waals surface area contributed by atoms with Crippen molar-refractivity contribution in [3.63, 3.8) is 0 Å². The quantitative estimate of drug-likeness (QED) is 0.423. The van der Waals surface area contributed by atoms with Gasteiger partial charge in [0.25, 0.3) is 0 Å². The Labute approximate surface area is 151 Å². The van der Waals surface area contributed by atoms with Gasteiger partial charge in [-0.1, -0.05) is 19.9 Å². The summed E-state index contributed by atoms with van der Waals surface area (Å²) in [6.45, 7) is 14.7. The molecule has 7 heteroatoms. The summed E-state index contributed by atoms with van der Waals surface area (Å²) in [7, 11) is 1.97. The molecule has 0 bridgehead atoms. The number of aliphatic imine (C=N–C) groups is 1. The Kier molecular flexibility index (Phi) is 7.43. The van der Waals surface area contributed by atoms with E-state index in [0.717, 1.165) is 30.7 Å². The van der Waals surface area contributed by atoms with Gasteiger partial charge in [-0.15, -0.1) is 16.8 Å². The van der Waals surface area contributed by atoms with Crippen LogP contribution in [0.15, 0.2) is 17.6 Å². The predicted molar refractivity (Wildman–Crippen MR) is 103 cm³/mol. The molecule has 1 aliphatic heterocycles. The highest BCUT2D eigenvalue weighted by Gasteiger charge is 2.24. The average molecular weight is 348 g/mol. The van der Waals surface area contributed by atoms with Crippen molar-refractivity contribution in [1.29, 1.82) is 0 Å². The van der Waals surface area contributed by atoms with Gasteiger partial charge < -0.3 is 15.2 Å². The van der Waals surface area contributed by atoms with E-state index in [-0.39, 0.29) is 0 Å². The molecule has 0 radical (unpaired) electrons. The zero-order valence-electron chi connectivity index (χ0n) is 16.1. The highest BCUT2D eigenvalue weighted by atomic mass is 15.3. The fourth-order valence-electron chi connectivity index (χ4n) is 3.13. The zero-order valence-corrected chi connectivity index (χ0v) is 16.1. The third-order valence-electron chi connectivity index (χ3n) is 4.58. The van der Waals surface area contributed by atoms with E-state index in [4.69, 9.17) is 0 Å². The molecule has 0 aliphatic carbocycles. The van der Waals surface area contributed by atoms with Gasteiger partial charge in [0.15, 0.2) is 11.8 Å². The Hall–Kier alpha value is -1.89. The van der Waals surface area contributed by atoms with E-state index in [1.54, 1.807) is 0 Å². The summed E-state index contributed by atoms with van der Waals surface area (Å²) in [6.07, 6.45) is 4.37. The molecule has 1 atom stereocenters. The van der Waals surface area contributed by atoms with Crippen LogP contribution in [0.3, 0.4) is 0 Å². The Morgan fingerprint density at radius 2 is 2.20 bits per heavy atom. The van der Waals surface area contributed by atoms with Gasteiger partial charge in [-0.3, -0.25) is 4.90 Å². The molecule has 2 rings (SSSR count). The van der Waals surface area contributed by atoms with Gasteiger partial charge in [0.05, 0.1) is 0 Å². The number of aryl methyl sites for hydroxylation is 1. The van der Waals surface area contributed by atoms with Gasteiger partial charge in [-0.05, 0) is 32.2 Å². The molecule has 0 spiro atoms. The molecule has 7 nitrogen and oxygen atoms in total. The summed E-state index contributed by atoms with van der Waals surface area (Å²) in [4.78, 5) is 7.25. The van der Waals surface area contributed by atoms with Gasteiger partial charge in [0.2, 0.25) is 0 Å². The first-order chi connectivity index (χ1) is 12.0. The lowest BCUT2D eigenvalue weighted by Gasteiger charge is -2.27. The Morgan fingerprint density at radius 3 is 2.84 bits per heavy atom. The van der Waals surface area contributed by atoms with E-state index >= 15 is 0 Å². The number of likely N-dealkylation sites (tertiary alicyclic amines) is 1. The Balaban J connectivity index is 1.93. The molecule has 0 amide bonds. The van der Waals surface area contributed by atoms with Gasteiger partial charge in [-0.2, -0.15) is 0 Å². The van der Waals surface area contributed by atoms with Crippen molar-refractivity contribution in [3.8, 4) is 0 Å². The van der Waals surface area contributed by atoms with Crippen LogP contribution in [0.1, 0.15) is 38.3 Å². The molecule has 1 aromatic rings. The lowest BCUT2D eigenvalue weighted by molar-refractivity contribution is 0.226. The molecular formula is C18H33N7. The molecular weight excluding hydrogens is 314 g/mol. The number of nitrogens with one attached hydrogen (secondary N) is 2. The standard InChI is InChI=1S/C18H33N7/c1-6-9-19-18(21-12-17-23-22-15(4)24(17)5)20-11-16-8-7-10-25(16)13-14(2)3/h6,14,16H,1,7-13H2,2-5H3,(H2,19,20,21)/t16-/m1/s1. The number of guanidine groups is 1. The number of hydrogen-bond donors (Lipinski definition) is 2. The first-order valence-electron chi connectivity index (χ1n) is 9.23. The van der Waals surface area contributed by atoms with Gasteiger partial charge in [-0.25, -0.2) is 4.99 Å². The van der Waals surface area contributed by atoms with Crippen LogP contribution in [0, 0.1) is 12.8 Å². The normalized spacial score (nSPS) is 18.8. The maximum absolute atomic E-state index is 4.66. The maximum Gasteiger partial charge on any atom is 0.192 e. The van der Waals surface area contributed by atoms with Crippen molar-refractivity contribution < 1.29 is 0 Å². The molecule has 2 N–H and O–H groups in total. The van der Waals surface area contributed by atoms with Crippen molar-refractivity contribution in [2.24, 2.45) is 18.0 Å². The van der Waals surface area contributed by atoms with Crippen LogP contribution in [0.4, 0.5) is 0 Å². The molecule has 140 valence electrons. The summed E-state index contributed by atoms with van der Waals surface area (Å²) >= 11 is 0. The van der Waals surface area contributed by atoms with Crippen LogP contribution in [0.5, 0.6) is 0 Å². The molecule has 0 unspecified atom stereocenters. The molecule has 2 heterocycles. The third-order valence-corrected chi connectivity index (χ3v) is 4.58. The second kappa shape index (κ2) is 9.56. The lowest BCUT2D eigenvalue weighted by atomic mass is 10.1. The van der Waals surface area contributed by atoms with Gasteiger partial charge in [0.1, 0.15) is 12.4 Å². The highest BCUT2D eigenvalue weighted by molar-refractivity contribution is 5.79. The zero-order chi connectivity index (χ0) is 18.2. The maximum atomic E-state index is 4.66. The van der Waals surface area contributed by atoms with E-state index in [0.29, 0.717) is 25.0 Å². The Morgan fingerprint density at radius 1 is 1.40 bits per heavy atom. The van der Waals surface area contributed by atoms with Crippen molar-refractivity contribution in [2.75, 3.05) is 26.2 Å². The van der Waals surface area contributed by atoms with Crippen LogP contribution in [0.25, 0.3) is 0 Å². The van der Waals surface area contributed by atoms with Crippen LogP contribution < -0.4 is 10.6 Å². The second-order valence-electron chi connectivity index (χ2n) is 7.12. The monoisotopic (exact) mass is 347 g/mol. The smallest absolute Gasteiger partial charge is 0.192 e. The summed E-state index contributed by atoms with van der Waals surface area (Å²) in [5.41, 5.74) is 0. The molecule has 1 aromatic heterocycles. The van der Waals surface area contributed by atoms with E-state index in [1.807, 2.05) is 24.6 Å². The fourth-order valence-corrected chi connectivity index (χ4v) is 3.13. The third kappa shape index (κ3) is 5.85. The van der Waals surface area contributed by atoms with Crippen LogP contribution in [-0.4, -0.2) is 57.8 Å². The van der Waals surface area contributed by atoms with Crippen molar-refractivity contribution in [2.45, 2.75) is 46.2 Å². The van der Waals surface area contributed by atoms with E-state index < -0.39 is 0 Å². The van der Waals surface area contributed by atoms with E-state index in [2.05, 4.69) is 51.1 Å². The summed E-state index contributed by atoms with van der Waals surface area (Å²) in [5.74, 6) is 3.26. The van der Waals surface area contributed by atoms with Crippen LogP contribution in [-0.2, 0) is 13.6 Å². The van der Waals surface area contributed by atoms with Gasteiger partial charge in [0, 0.05) is 32.7 Å². The average Bonchev–Trinajstić information content (AvgIpc) is 3.14. The number of rotatable bonds is 8. The second-order valence-corrected chi connectivity index (χ2v) is 7.12. The minimum atomic E-state index is 0.504. The number of aromatic nitrogens is 3. The van der Waals surface area contributed by atoms with Crippen molar-refractivity contribution >= 4 is 5.96 Å².